The maximum atomic E-state index is 9.76. The van der Waals surface area contributed by atoms with Crippen LogP contribution in [0, 0.1) is 0 Å². The molecule has 0 aromatic carbocycles. The van der Waals surface area contributed by atoms with Crippen molar-refractivity contribution < 1.29 is 5.11 Å². The van der Waals surface area contributed by atoms with Crippen LogP contribution in [0.5, 0.6) is 0 Å². The smallest absolute Gasteiger partial charge is 0.157 e. The Hall–Kier alpha value is -0.420. The lowest BCUT2D eigenvalue weighted by molar-refractivity contribution is 0.0664. The minimum atomic E-state index is -1.23. The van der Waals surface area contributed by atoms with Crippen LogP contribution in [0.1, 0.15) is 12.5 Å². The van der Waals surface area contributed by atoms with Gasteiger partial charge in [-0.1, -0.05) is 23.2 Å². The highest BCUT2D eigenvalue weighted by molar-refractivity contribution is 6.31. The van der Waals surface area contributed by atoms with E-state index in [4.69, 9.17) is 28.9 Å². The van der Waals surface area contributed by atoms with Crippen molar-refractivity contribution >= 4 is 23.2 Å². The molecule has 0 fully saturated rings. The maximum absolute atomic E-state index is 9.76. The topological polar surface area (TPSA) is 72.0 Å². The fourth-order valence-electron chi connectivity index (χ4n) is 0.841. The lowest BCUT2D eigenvalue weighted by atomic mass is 9.99. The molecule has 0 amide bonds. The van der Waals surface area contributed by atoms with Gasteiger partial charge in [-0.05, 0) is 13.0 Å². The van der Waals surface area contributed by atoms with Crippen LogP contribution < -0.4 is 5.73 Å². The molecule has 0 spiro atoms. The average Bonchev–Trinajstić information content (AvgIpc) is 2.09. The monoisotopic (exact) mass is 221 g/mol. The molecule has 0 saturated carbocycles. The van der Waals surface area contributed by atoms with Crippen LogP contribution in [0.4, 0.5) is 0 Å². The van der Waals surface area contributed by atoms with Gasteiger partial charge in [0.1, 0.15) is 5.60 Å². The lowest BCUT2D eigenvalue weighted by Crippen LogP contribution is -2.31. The summed E-state index contributed by atoms with van der Waals surface area (Å²) in [7, 11) is 0. The van der Waals surface area contributed by atoms with E-state index >= 15 is 0 Å². The first-order valence-electron chi connectivity index (χ1n) is 3.59. The molecule has 1 atom stereocenters. The summed E-state index contributed by atoms with van der Waals surface area (Å²) in [5.41, 5.74) is 4.52. The molecule has 1 heterocycles. The van der Waals surface area contributed by atoms with Crippen molar-refractivity contribution in [1.29, 1.82) is 0 Å². The van der Waals surface area contributed by atoms with Gasteiger partial charge in [0.15, 0.2) is 10.3 Å². The third-order valence-electron chi connectivity index (χ3n) is 1.70. The summed E-state index contributed by atoms with van der Waals surface area (Å²) in [5.74, 6) is 0. The number of hydrogen-bond acceptors (Lipinski definition) is 4. The van der Waals surface area contributed by atoms with E-state index in [1.807, 2.05) is 0 Å². The average molecular weight is 222 g/mol. The number of rotatable bonds is 2. The van der Waals surface area contributed by atoms with E-state index in [0.29, 0.717) is 5.56 Å². The van der Waals surface area contributed by atoms with E-state index in [9.17, 15) is 5.11 Å². The second kappa shape index (κ2) is 3.75. The number of nitrogens with zero attached hydrogens (tertiary/aromatic N) is 2. The number of aromatic nitrogens is 2. The van der Waals surface area contributed by atoms with Gasteiger partial charge in [0.2, 0.25) is 0 Å². The predicted octanol–water partition coefficient (Wildman–Crippen LogP) is 0.950. The van der Waals surface area contributed by atoms with Gasteiger partial charge in [0.05, 0.1) is 0 Å². The molecule has 4 nitrogen and oxygen atoms in total. The molecule has 0 saturated heterocycles. The van der Waals surface area contributed by atoms with E-state index in [-0.39, 0.29) is 16.9 Å². The van der Waals surface area contributed by atoms with Crippen molar-refractivity contribution in [2.24, 2.45) is 5.73 Å². The van der Waals surface area contributed by atoms with E-state index in [1.165, 1.54) is 13.0 Å². The Balaban J connectivity index is 3.20. The lowest BCUT2D eigenvalue weighted by Gasteiger charge is -2.21. The van der Waals surface area contributed by atoms with Gasteiger partial charge in [0.25, 0.3) is 0 Å². The second-order valence-corrected chi connectivity index (χ2v) is 3.59. The molecule has 1 rings (SSSR count). The Morgan fingerprint density at radius 1 is 1.54 bits per heavy atom. The number of nitrogens with two attached hydrogens (primary N) is 1. The molecule has 3 N–H and O–H groups in total. The Morgan fingerprint density at radius 2 is 2.15 bits per heavy atom. The highest BCUT2D eigenvalue weighted by Gasteiger charge is 2.25. The Morgan fingerprint density at radius 3 is 2.69 bits per heavy atom. The van der Waals surface area contributed by atoms with Crippen LogP contribution in [-0.4, -0.2) is 21.8 Å². The van der Waals surface area contributed by atoms with Crippen molar-refractivity contribution in [2.75, 3.05) is 6.54 Å². The van der Waals surface area contributed by atoms with Gasteiger partial charge < -0.3 is 10.8 Å². The molecule has 0 aliphatic heterocycles. The Bertz CT molecular complexity index is 317. The summed E-state index contributed by atoms with van der Waals surface area (Å²) >= 11 is 11.3. The summed E-state index contributed by atoms with van der Waals surface area (Å²) in [6, 6.07) is 1.45. The van der Waals surface area contributed by atoms with Crippen molar-refractivity contribution in [2.45, 2.75) is 12.5 Å². The molecule has 1 unspecified atom stereocenters. The zero-order valence-corrected chi connectivity index (χ0v) is 8.47. The van der Waals surface area contributed by atoms with Crippen LogP contribution >= 0.6 is 23.2 Å². The molecule has 0 radical (unpaired) electrons. The van der Waals surface area contributed by atoms with Crippen LogP contribution in [0.25, 0.3) is 0 Å². The fraction of sp³-hybridized carbons (Fsp3) is 0.429. The molecular formula is C7H9Cl2N3O. The molecule has 1 aromatic rings. The molecule has 1 aromatic heterocycles. The van der Waals surface area contributed by atoms with Crippen LogP contribution in [0.3, 0.4) is 0 Å². The summed E-state index contributed by atoms with van der Waals surface area (Å²) in [4.78, 5) is 0. The fourth-order valence-corrected chi connectivity index (χ4v) is 1.28. The zero-order chi connectivity index (χ0) is 10.1. The van der Waals surface area contributed by atoms with Gasteiger partial charge in [-0.25, -0.2) is 0 Å². The van der Waals surface area contributed by atoms with E-state index in [0.717, 1.165) is 0 Å². The van der Waals surface area contributed by atoms with Crippen molar-refractivity contribution in [3.8, 4) is 0 Å². The molecular weight excluding hydrogens is 213 g/mol. The minimum absolute atomic E-state index is 0.0365. The number of hydrogen-bond donors (Lipinski definition) is 2. The molecule has 0 aliphatic rings. The van der Waals surface area contributed by atoms with Crippen LogP contribution in [0.2, 0.25) is 10.3 Å². The first kappa shape index (κ1) is 10.7. The molecule has 6 heteroatoms. The van der Waals surface area contributed by atoms with Crippen LogP contribution in [-0.2, 0) is 5.60 Å². The predicted molar refractivity (Wildman–Crippen MR) is 50.7 cm³/mol. The van der Waals surface area contributed by atoms with Gasteiger partial charge >= 0.3 is 0 Å². The van der Waals surface area contributed by atoms with Crippen molar-refractivity contribution in [3.63, 3.8) is 0 Å². The standard InChI is InChI=1S/C7H9Cl2N3O/c1-7(13,3-10)4-2-5(8)11-12-6(4)9/h2,13H,3,10H2,1H3. The van der Waals surface area contributed by atoms with E-state index < -0.39 is 5.60 Å². The third-order valence-corrected chi connectivity index (χ3v) is 2.16. The van der Waals surface area contributed by atoms with Crippen molar-refractivity contribution in [3.05, 3.63) is 21.9 Å². The molecule has 72 valence electrons. The first-order chi connectivity index (χ1) is 5.97. The first-order valence-corrected chi connectivity index (χ1v) is 4.34. The summed E-state index contributed by atoms with van der Waals surface area (Å²) in [6.07, 6.45) is 0. The Labute approximate surface area is 85.7 Å². The van der Waals surface area contributed by atoms with Gasteiger partial charge in [0, 0.05) is 12.1 Å². The van der Waals surface area contributed by atoms with Crippen molar-refractivity contribution in [1.82, 2.24) is 10.2 Å². The SMILES string of the molecule is CC(O)(CN)c1cc(Cl)nnc1Cl. The third kappa shape index (κ3) is 2.28. The normalized spacial score (nSPS) is 15.5. The molecule has 0 bridgehead atoms. The summed E-state index contributed by atoms with van der Waals surface area (Å²) in [5, 5.41) is 17.1. The Kier molecular flexibility index (Phi) is 3.08. The van der Waals surface area contributed by atoms with Crippen LogP contribution in [0.15, 0.2) is 6.07 Å². The quantitative estimate of drug-likeness (QED) is 0.781. The zero-order valence-electron chi connectivity index (χ0n) is 6.96. The second-order valence-electron chi connectivity index (χ2n) is 2.85. The largest absolute Gasteiger partial charge is 0.384 e. The van der Waals surface area contributed by atoms with E-state index in [2.05, 4.69) is 10.2 Å². The van der Waals surface area contributed by atoms with Gasteiger partial charge in [-0.15, -0.1) is 10.2 Å². The summed E-state index contributed by atoms with van der Waals surface area (Å²) in [6.45, 7) is 1.57. The summed E-state index contributed by atoms with van der Waals surface area (Å²) < 4.78 is 0. The highest BCUT2D eigenvalue weighted by atomic mass is 35.5. The van der Waals surface area contributed by atoms with E-state index in [1.54, 1.807) is 0 Å². The van der Waals surface area contributed by atoms with Gasteiger partial charge in [-0.2, -0.15) is 0 Å². The number of aliphatic hydroxyl groups is 1. The van der Waals surface area contributed by atoms with Gasteiger partial charge in [-0.3, -0.25) is 0 Å². The molecule has 0 aliphatic carbocycles. The highest BCUT2D eigenvalue weighted by Crippen LogP contribution is 2.26. The minimum Gasteiger partial charge on any atom is -0.384 e. The number of halogens is 2. The maximum Gasteiger partial charge on any atom is 0.157 e. The molecule has 13 heavy (non-hydrogen) atoms.